The van der Waals surface area contributed by atoms with Crippen LogP contribution in [0.2, 0.25) is 0 Å². The Balaban J connectivity index is 1.82. The number of methoxy groups -OCH3 is 1. The van der Waals surface area contributed by atoms with Gasteiger partial charge in [0, 0.05) is 25.2 Å². The van der Waals surface area contributed by atoms with Gasteiger partial charge in [0.25, 0.3) is 5.91 Å². The molecule has 1 aromatic carbocycles. The summed E-state index contributed by atoms with van der Waals surface area (Å²) < 4.78 is 10.6. The maximum atomic E-state index is 12.0. The lowest BCUT2D eigenvalue weighted by atomic mass is 10.1. The van der Waals surface area contributed by atoms with Crippen molar-refractivity contribution < 1.29 is 14.3 Å². The largest absolute Gasteiger partial charge is 0.497 e. The molecule has 1 heterocycles. The first kappa shape index (κ1) is 13.7. The lowest BCUT2D eigenvalue weighted by molar-refractivity contribution is -0.134. The lowest BCUT2D eigenvalue weighted by Gasteiger charge is -2.30. The first-order valence-electron chi connectivity index (χ1n) is 6.49. The molecule has 1 fully saturated rings. The Hall–Kier alpha value is -1.75. The Morgan fingerprint density at radius 1 is 1.37 bits per heavy atom. The van der Waals surface area contributed by atoms with Crippen molar-refractivity contribution in [2.24, 2.45) is 5.73 Å². The summed E-state index contributed by atoms with van der Waals surface area (Å²) in [5, 5.41) is 0. The third-order valence-electron chi connectivity index (χ3n) is 3.30. The molecule has 0 radical (unpaired) electrons. The van der Waals surface area contributed by atoms with Crippen LogP contribution in [-0.2, 0) is 4.79 Å². The number of benzene rings is 1. The Morgan fingerprint density at radius 2 is 2.05 bits per heavy atom. The van der Waals surface area contributed by atoms with E-state index in [4.69, 9.17) is 15.2 Å². The molecule has 0 atom stereocenters. The van der Waals surface area contributed by atoms with Gasteiger partial charge >= 0.3 is 0 Å². The van der Waals surface area contributed by atoms with Crippen molar-refractivity contribution >= 4 is 5.91 Å². The third-order valence-corrected chi connectivity index (χ3v) is 3.30. The Labute approximate surface area is 113 Å². The average Bonchev–Trinajstić information content (AvgIpc) is 2.46. The van der Waals surface area contributed by atoms with Crippen molar-refractivity contribution in [1.29, 1.82) is 0 Å². The number of hydrogen-bond acceptors (Lipinski definition) is 4. The number of hydrogen-bond donors (Lipinski definition) is 1. The van der Waals surface area contributed by atoms with Gasteiger partial charge in [-0.05, 0) is 25.0 Å². The zero-order valence-corrected chi connectivity index (χ0v) is 11.2. The van der Waals surface area contributed by atoms with Crippen molar-refractivity contribution in [3.8, 4) is 11.5 Å². The van der Waals surface area contributed by atoms with Gasteiger partial charge in [-0.1, -0.05) is 6.07 Å². The van der Waals surface area contributed by atoms with Crippen LogP contribution in [0.15, 0.2) is 24.3 Å². The van der Waals surface area contributed by atoms with Crippen LogP contribution in [0.1, 0.15) is 12.8 Å². The molecule has 1 aliphatic heterocycles. The molecule has 19 heavy (non-hydrogen) atoms. The minimum atomic E-state index is 0.00900. The number of likely N-dealkylation sites (tertiary alicyclic amines) is 1. The highest BCUT2D eigenvalue weighted by molar-refractivity contribution is 5.77. The molecule has 0 spiro atoms. The minimum absolute atomic E-state index is 0.00900. The van der Waals surface area contributed by atoms with Gasteiger partial charge in [-0.2, -0.15) is 0 Å². The summed E-state index contributed by atoms with van der Waals surface area (Å²) in [5.74, 6) is 1.37. The van der Waals surface area contributed by atoms with Crippen molar-refractivity contribution in [3.63, 3.8) is 0 Å². The highest BCUT2D eigenvalue weighted by atomic mass is 16.5. The van der Waals surface area contributed by atoms with Crippen LogP contribution in [0.5, 0.6) is 11.5 Å². The van der Waals surface area contributed by atoms with Crippen molar-refractivity contribution in [2.45, 2.75) is 18.9 Å². The van der Waals surface area contributed by atoms with Crippen LogP contribution in [0.3, 0.4) is 0 Å². The smallest absolute Gasteiger partial charge is 0.260 e. The van der Waals surface area contributed by atoms with E-state index in [0.29, 0.717) is 11.5 Å². The molecular weight excluding hydrogens is 244 g/mol. The van der Waals surface area contributed by atoms with Crippen LogP contribution in [0.4, 0.5) is 0 Å². The van der Waals surface area contributed by atoms with Gasteiger partial charge in [-0.15, -0.1) is 0 Å². The summed E-state index contributed by atoms with van der Waals surface area (Å²) in [6.07, 6.45) is 1.73. The monoisotopic (exact) mass is 264 g/mol. The molecule has 104 valence electrons. The molecule has 1 aromatic rings. The van der Waals surface area contributed by atoms with E-state index in [1.807, 2.05) is 23.1 Å². The molecule has 5 heteroatoms. The molecule has 1 saturated heterocycles. The predicted molar refractivity (Wildman–Crippen MR) is 72.3 cm³/mol. The number of nitrogens with two attached hydrogens (primary N) is 1. The second-order valence-corrected chi connectivity index (χ2v) is 4.69. The zero-order chi connectivity index (χ0) is 13.7. The summed E-state index contributed by atoms with van der Waals surface area (Å²) in [4.78, 5) is 13.8. The minimum Gasteiger partial charge on any atom is -0.497 e. The van der Waals surface area contributed by atoms with Gasteiger partial charge in [-0.3, -0.25) is 4.79 Å². The van der Waals surface area contributed by atoms with Gasteiger partial charge in [-0.25, -0.2) is 0 Å². The third kappa shape index (κ3) is 3.86. The Kier molecular flexibility index (Phi) is 4.63. The Morgan fingerprint density at radius 3 is 2.74 bits per heavy atom. The highest BCUT2D eigenvalue weighted by Crippen LogP contribution is 2.19. The van der Waals surface area contributed by atoms with Gasteiger partial charge < -0.3 is 20.1 Å². The highest BCUT2D eigenvalue weighted by Gasteiger charge is 2.20. The lowest BCUT2D eigenvalue weighted by Crippen LogP contribution is -2.44. The number of nitrogens with zero attached hydrogens (tertiary/aromatic N) is 1. The molecule has 5 nitrogen and oxygen atoms in total. The van der Waals surface area contributed by atoms with Crippen LogP contribution in [0, 0.1) is 0 Å². The van der Waals surface area contributed by atoms with E-state index >= 15 is 0 Å². The normalized spacial score (nSPS) is 16.2. The number of ether oxygens (including phenoxy) is 2. The standard InChI is InChI=1S/C14H20N2O3/c1-18-12-3-2-4-13(9-12)19-10-14(17)16-7-5-11(15)6-8-16/h2-4,9,11H,5-8,10,15H2,1H3. The van der Waals surface area contributed by atoms with Gasteiger partial charge in [0.2, 0.25) is 0 Å². The molecular formula is C14H20N2O3. The fourth-order valence-electron chi connectivity index (χ4n) is 2.08. The van der Waals surface area contributed by atoms with Gasteiger partial charge in [0.1, 0.15) is 11.5 Å². The maximum absolute atomic E-state index is 12.0. The van der Waals surface area contributed by atoms with Crippen molar-refractivity contribution in [3.05, 3.63) is 24.3 Å². The van der Waals surface area contributed by atoms with E-state index < -0.39 is 0 Å². The second-order valence-electron chi connectivity index (χ2n) is 4.69. The fraction of sp³-hybridized carbons (Fsp3) is 0.500. The molecule has 1 amide bonds. The summed E-state index contributed by atoms with van der Waals surface area (Å²) in [6.45, 7) is 1.51. The van der Waals surface area contributed by atoms with Gasteiger partial charge in [0.15, 0.2) is 6.61 Å². The number of carbonyl (C=O) groups is 1. The average molecular weight is 264 g/mol. The van der Waals surface area contributed by atoms with Crippen LogP contribution < -0.4 is 15.2 Å². The Bertz CT molecular complexity index is 428. The van der Waals surface area contributed by atoms with Crippen molar-refractivity contribution in [2.75, 3.05) is 26.8 Å². The number of piperidine rings is 1. The molecule has 0 aliphatic carbocycles. The first-order chi connectivity index (χ1) is 9.19. The quantitative estimate of drug-likeness (QED) is 0.882. The molecule has 0 bridgehead atoms. The summed E-state index contributed by atoms with van der Waals surface area (Å²) >= 11 is 0. The van der Waals surface area contributed by atoms with E-state index in [1.54, 1.807) is 13.2 Å². The van der Waals surface area contributed by atoms with Crippen LogP contribution >= 0.6 is 0 Å². The molecule has 2 rings (SSSR count). The zero-order valence-electron chi connectivity index (χ0n) is 11.2. The molecule has 0 saturated carbocycles. The van der Waals surface area contributed by atoms with Crippen LogP contribution in [0.25, 0.3) is 0 Å². The molecule has 1 aliphatic rings. The first-order valence-corrected chi connectivity index (χ1v) is 6.49. The number of amides is 1. The van der Waals surface area contributed by atoms with Crippen molar-refractivity contribution in [1.82, 2.24) is 4.90 Å². The van der Waals surface area contributed by atoms with E-state index in [0.717, 1.165) is 25.9 Å². The van der Waals surface area contributed by atoms with E-state index in [-0.39, 0.29) is 18.6 Å². The van der Waals surface area contributed by atoms with E-state index in [9.17, 15) is 4.79 Å². The summed E-state index contributed by atoms with van der Waals surface area (Å²) in [6, 6.07) is 7.46. The number of carbonyl (C=O) groups excluding carboxylic acids is 1. The second kappa shape index (κ2) is 6.43. The number of rotatable bonds is 4. The predicted octanol–water partition coefficient (Wildman–Crippen LogP) is 1.02. The molecule has 2 N–H and O–H groups in total. The van der Waals surface area contributed by atoms with Gasteiger partial charge in [0.05, 0.1) is 7.11 Å². The molecule has 0 unspecified atom stereocenters. The van der Waals surface area contributed by atoms with Crippen LogP contribution in [-0.4, -0.2) is 43.7 Å². The summed E-state index contributed by atoms with van der Waals surface area (Å²) in [5.41, 5.74) is 5.81. The van der Waals surface area contributed by atoms with E-state index in [2.05, 4.69) is 0 Å². The fourth-order valence-corrected chi connectivity index (χ4v) is 2.08. The molecule has 0 aromatic heterocycles. The SMILES string of the molecule is COc1cccc(OCC(=O)N2CCC(N)CC2)c1. The van der Waals surface area contributed by atoms with E-state index in [1.165, 1.54) is 0 Å². The topological polar surface area (TPSA) is 64.8 Å². The summed E-state index contributed by atoms with van der Waals surface area (Å²) in [7, 11) is 1.60. The maximum Gasteiger partial charge on any atom is 0.260 e.